The largest absolute Gasteiger partial charge is 0.378 e. The molecule has 0 aliphatic carbocycles. The Bertz CT molecular complexity index is 671. The summed E-state index contributed by atoms with van der Waals surface area (Å²) >= 11 is 1.72. The Labute approximate surface area is 129 Å². The fourth-order valence-electron chi connectivity index (χ4n) is 2.69. The molecule has 2 aromatic rings. The summed E-state index contributed by atoms with van der Waals surface area (Å²) in [6, 6.07) is 16.4. The number of benzene rings is 2. The minimum atomic E-state index is 0.0296. The molecule has 3 nitrogen and oxygen atoms in total. The van der Waals surface area contributed by atoms with Crippen molar-refractivity contribution in [3.63, 3.8) is 0 Å². The van der Waals surface area contributed by atoms with Crippen LogP contribution >= 0.6 is 11.8 Å². The average molecular weight is 298 g/mol. The quantitative estimate of drug-likeness (QED) is 0.871. The van der Waals surface area contributed by atoms with Crippen molar-refractivity contribution in [2.24, 2.45) is 0 Å². The van der Waals surface area contributed by atoms with Crippen LogP contribution in [0.4, 0.5) is 11.4 Å². The highest BCUT2D eigenvalue weighted by Crippen LogP contribution is 2.35. The van der Waals surface area contributed by atoms with Gasteiger partial charge >= 0.3 is 0 Å². The van der Waals surface area contributed by atoms with E-state index in [1.165, 1.54) is 10.5 Å². The fourth-order valence-corrected chi connectivity index (χ4v) is 3.15. The van der Waals surface area contributed by atoms with Gasteiger partial charge < -0.3 is 10.2 Å². The van der Waals surface area contributed by atoms with Crippen LogP contribution in [0.3, 0.4) is 0 Å². The summed E-state index contributed by atoms with van der Waals surface area (Å²) in [6.45, 7) is 0. The molecule has 108 valence electrons. The van der Waals surface area contributed by atoms with Gasteiger partial charge in [-0.05, 0) is 36.1 Å². The van der Waals surface area contributed by atoms with Crippen LogP contribution in [0.1, 0.15) is 18.0 Å². The van der Waals surface area contributed by atoms with E-state index in [-0.39, 0.29) is 11.9 Å². The molecule has 3 rings (SSSR count). The van der Waals surface area contributed by atoms with E-state index in [9.17, 15) is 4.79 Å². The van der Waals surface area contributed by atoms with E-state index in [1.54, 1.807) is 16.7 Å². The summed E-state index contributed by atoms with van der Waals surface area (Å²) in [6.07, 6.45) is 2.55. The Morgan fingerprint density at radius 2 is 2.00 bits per heavy atom. The predicted octanol–water partition coefficient (Wildman–Crippen LogP) is 3.93. The average Bonchev–Trinajstić information content (AvgIpc) is 2.52. The third-order valence-corrected chi connectivity index (χ3v) is 4.56. The Kier molecular flexibility index (Phi) is 3.88. The van der Waals surface area contributed by atoms with Crippen LogP contribution in [-0.4, -0.2) is 19.2 Å². The number of thioether (sulfide) groups is 1. The van der Waals surface area contributed by atoms with Gasteiger partial charge in [0.05, 0.1) is 12.5 Å². The lowest BCUT2D eigenvalue weighted by Gasteiger charge is -2.32. The van der Waals surface area contributed by atoms with Crippen LogP contribution < -0.4 is 10.2 Å². The first-order valence-electron chi connectivity index (χ1n) is 6.95. The zero-order chi connectivity index (χ0) is 14.8. The molecule has 1 atom stereocenters. The van der Waals surface area contributed by atoms with Crippen molar-refractivity contribution in [1.29, 1.82) is 0 Å². The highest BCUT2D eigenvalue weighted by molar-refractivity contribution is 7.98. The molecule has 1 N–H and O–H groups in total. The molecule has 1 aliphatic rings. The van der Waals surface area contributed by atoms with E-state index in [1.807, 2.05) is 37.4 Å². The molecule has 0 radical (unpaired) electrons. The van der Waals surface area contributed by atoms with Crippen LogP contribution in [0.2, 0.25) is 0 Å². The van der Waals surface area contributed by atoms with Crippen molar-refractivity contribution >= 4 is 29.0 Å². The number of hydrogen-bond acceptors (Lipinski definition) is 3. The molecule has 0 aromatic heterocycles. The highest BCUT2D eigenvalue weighted by atomic mass is 32.2. The van der Waals surface area contributed by atoms with E-state index in [0.717, 1.165) is 11.4 Å². The maximum Gasteiger partial charge on any atom is 0.229 e. The molecular weight excluding hydrogens is 280 g/mol. The van der Waals surface area contributed by atoms with Gasteiger partial charge in [0.2, 0.25) is 5.91 Å². The lowest BCUT2D eigenvalue weighted by Crippen LogP contribution is -2.35. The number of carbonyl (C=O) groups excluding carboxylic acids is 1. The zero-order valence-corrected chi connectivity index (χ0v) is 13.0. The summed E-state index contributed by atoms with van der Waals surface area (Å²) < 4.78 is 0. The third-order valence-electron chi connectivity index (χ3n) is 3.84. The second-order valence-electron chi connectivity index (χ2n) is 5.14. The number of nitrogens with zero attached hydrogens (tertiary/aromatic N) is 1. The lowest BCUT2D eigenvalue weighted by atomic mass is 9.96. The molecule has 1 unspecified atom stereocenters. The SMILES string of the molecule is CSc1cccc(NC2CC(=O)N(C)c3ccccc32)c1. The number of amides is 1. The number of para-hydroxylation sites is 1. The Morgan fingerprint density at radius 3 is 2.81 bits per heavy atom. The van der Waals surface area contributed by atoms with Crippen LogP contribution in [0.15, 0.2) is 53.4 Å². The lowest BCUT2D eigenvalue weighted by molar-refractivity contribution is -0.118. The molecule has 1 aliphatic heterocycles. The summed E-state index contributed by atoms with van der Waals surface area (Å²) in [4.78, 5) is 15.1. The Hall–Kier alpha value is -1.94. The van der Waals surface area contributed by atoms with Crippen LogP contribution in [0, 0.1) is 0 Å². The molecule has 1 amide bonds. The number of carbonyl (C=O) groups is 1. The summed E-state index contributed by atoms with van der Waals surface area (Å²) in [5, 5.41) is 3.50. The molecule has 4 heteroatoms. The van der Waals surface area contributed by atoms with Gasteiger partial charge in [-0.25, -0.2) is 0 Å². The van der Waals surface area contributed by atoms with Gasteiger partial charge in [0.25, 0.3) is 0 Å². The van der Waals surface area contributed by atoms with Crippen molar-refractivity contribution in [3.05, 3.63) is 54.1 Å². The summed E-state index contributed by atoms with van der Waals surface area (Å²) in [5.41, 5.74) is 3.22. The molecule has 0 spiro atoms. The number of anilines is 2. The van der Waals surface area contributed by atoms with E-state index < -0.39 is 0 Å². The predicted molar refractivity (Wildman–Crippen MR) is 89.1 cm³/mol. The highest BCUT2D eigenvalue weighted by Gasteiger charge is 2.28. The van der Waals surface area contributed by atoms with Gasteiger partial charge in [-0.2, -0.15) is 0 Å². The van der Waals surface area contributed by atoms with Gasteiger partial charge in [0, 0.05) is 23.3 Å². The maximum absolute atomic E-state index is 12.2. The van der Waals surface area contributed by atoms with Gasteiger partial charge in [-0.3, -0.25) is 4.79 Å². The van der Waals surface area contributed by atoms with Gasteiger partial charge in [0.15, 0.2) is 0 Å². The molecule has 0 saturated heterocycles. The smallest absolute Gasteiger partial charge is 0.229 e. The molecule has 0 saturated carbocycles. The van der Waals surface area contributed by atoms with Crippen molar-refractivity contribution in [1.82, 2.24) is 0 Å². The van der Waals surface area contributed by atoms with Gasteiger partial charge in [0.1, 0.15) is 0 Å². The van der Waals surface area contributed by atoms with Crippen LogP contribution in [-0.2, 0) is 4.79 Å². The standard InChI is InChI=1S/C17H18N2OS/c1-19-16-9-4-3-8-14(16)15(11-17(19)20)18-12-6-5-7-13(10-12)21-2/h3-10,15,18H,11H2,1-2H3. The van der Waals surface area contributed by atoms with Crippen molar-refractivity contribution in [2.45, 2.75) is 17.4 Å². The monoisotopic (exact) mass is 298 g/mol. The van der Waals surface area contributed by atoms with Crippen molar-refractivity contribution in [3.8, 4) is 0 Å². The second-order valence-corrected chi connectivity index (χ2v) is 6.02. The maximum atomic E-state index is 12.2. The van der Waals surface area contributed by atoms with Gasteiger partial charge in [-0.15, -0.1) is 11.8 Å². The molecule has 1 heterocycles. The van der Waals surface area contributed by atoms with Crippen LogP contribution in [0.25, 0.3) is 0 Å². The second kappa shape index (κ2) is 5.82. The first kappa shape index (κ1) is 14.0. The normalized spacial score (nSPS) is 17.5. The third kappa shape index (κ3) is 2.76. The zero-order valence-electron chi connectivity index (χ0n) is 12.2. The van der Waals surface area contributed by atoms with Gasteiger partial charge in [-0.1, -0.05) is 24.3 Å². The van der Waals surface area contributed by atoms with Crippen molar-refractivity contribution in [2.75, 3.05) is 23.5 Å². The first-order chi connectivity index (χ1) is 10.2. The number of fused-ring (bicyclic) bond motifs is 1. The van der Waals surface area contributed by atoms with E-state index in [0.29, 0.717) is 6.42 Å². The topological polar surface area (TPSA) is 32.3 Å². The molecular formula is C17H18N2OS. The minimum absolute atomic E-state index is 0.0296. The Morgan fingerprint density at radius 1 is 1.19 bits per heavy atom. The number of rotatable bonds is 3. The number of hydrogen-bond donors (Lipinski definition) is 1. The fraction of sp³-hybridized carbons (Fsp3) is 0.235. The van der Waals surface area contributed by atoms with Crippen molar-refractivity contribution < 1.29 is 4.79 Å². The minimum Gasteiger partial charge on any atom is -0.378 e. The summed E-state index contributed by atoms with van der Waals surface area (Å²) in [5.74, 6) is 0.146. The van der Waals surface area contributed by atoms with Crippen LogP contribution in [0.5, 0.6) is 0 Å². The summed E-state index contributed by atoms with van der Waals surface area (Å²) in [7, 11) is 1.84. The molecule has 0 bridgehead atoms. The molecule has 0 fully saturated rings. The van der Waals surface area contributed by atoms with E-state index >= 15 is 0 Å². The molecule has 21 heavy (non-hydrogen) atoms. The first-order valence-corrected chi connectivity index (χ1v) is 8.17. The van der Waals surface area contributed by atoms with E-state index in [4.69, 9.17) is 0 Å². The van der Waals surface area contributed by atoms with E-state index in [2.05, 4.69) is 29.8 Å². The Balaban J connectivity index is 1.92. The molecule has 2 aromatic carbocycles. The number of nitrogens with one attached hydrogen (secondary N) is 1.